The first-order valence-electron chi connectivity index (χ1n) is 9.71. The summed E-state index contributed by atoms with van der Waals surface area (Å²) in [5.74, 6) is -0.141. The average molecular weight is 361 g/mol. The zero-order valence-electron chi connectivity index (χ0n) is 15.4. The molecule has 144 valence electrons. The molecule has 6 heteroatoms. The summed E-state index contributed by atoms with van der Waals surface area (Å²) >= 11 is 0. The fraction of sp³-hybridized carbons (Fsp3) is 0.600. The maximum absolute atomic E-state index is 13.3. The van der Waals surface area contributed by atoms with Crippen molar-refractivity contribution >= 4 is 17.7 Å². The number of nitrogens with one attached hydrogen (secondary N) is 1. The Kier molecular flexibility index (Phi) is 8.41. The molecule has 1 aromatic rings. The van der Waals surface area contributed by atoms with E-state index in [-0.39, 0.29) is 11.9 Å². The number of nitrogens with two attached hydrogens (primary N) is 1. The van der Waals surface area contributed by atoms with E-state index in [0.29, 0.717) is 13.0 Å². The number of hydrogen-bond acceptors (Lipinski definition) is 3. The van der Waals surface area contributed by atoms with Crippen LogP contribution < -0.4 is 16.0 Å². The maximum atomic E-state index is 13.3. The van der Waals surface area contributed by atoms with Crippen molar-refractivity contribution in [2.75, 3.05) is 11.4 Å². The number of nitrogens with zero attached hydrogens (tertiary/aromatic N) is 1. The average Bonchev–Trinajstić information content (AvgIpc) is 2.66. The Morgan fingerprint density at radius 3 is 2.42 bits per heavy atom. The standard InChI is InChI=1S/C20H31N3O3/c21-15-9-3-8-14-18(22-20(25)26)19(24)23(16-10-4-1-5-11-16)17-12-6-2-7-13-17/h1,4-5,10-11,17-18,22H,2-3,6-9,12-15,21H2,(H,25,26). The molecule has 2 amide bonds. The Morgan fingerprint density at radius 2 is 1.81 bits per heavy atom. The molecule has 1 aliphatic carbocycles. The topological polar surface area (TPSA) is 95.7 Å². The Bertz CT molecular complexity index is 559. The first kappa shape index (κ1) is 20.2. The zero-order valence-corrected chi connectivity index (χ0v) is 15.4. The molecule has 0 bridgehead atoms. The number of carbonyl (C=O) groups excluding carboxylic acids is 1. The highest BCUT2D eigenvalue weighted by Crippen LogP contribution is 2.28. The minimum Gasteiger partial charge on any atom is -0.465 e. The lowest BCUT2D eigenvalue weighted by molar-refractivity contribution is -0.121. The van der Waals surface area contributed by atoms with Gasteiger partial charge in [-0.15, -0.1) is 0 Å². The van der Waals surface area contributed by atoms with Crippen LogP contribution in [0.25, 0.3) is 0 Å². The number of anilines is 1. The van der Waals surface area contributed by atoms with E-state index in [1.165, 1.54) is 6.42 Å². The van der Waals surface area contributed by atoms with E-state index >= 15 is 0 Å². The Morgan fingerprint density at radius 1 is 1.12 bits per heavy atom. The van der Waals surface area contributed by atoms with E-state index in [4.69, 9.17) is 5.73 Å². The molecule has 1 atom stereocenters. The zero-order chi connectivity index (χ0) is 18.8. The van der Waals surface area contributed by atoms with Crippen molar-refractivity contribution < 1.29 is 14.7 Å². The van der Waals surface area contributed by atoms with Gasteiger partial charge in [0.25, 0.3) is 0 Å². The Hall–Kier alpha value is -2.08. The first-order valence-corrected chi connectivity index (χ1v) is 9.71. The predicted molar refractivity (Wildman–Crippen MR) is 103 cm³/mol. The van der Waals surface area contributed by atoms with Crippen molar-refractivity contribution in [1.82, 2.24) is 5.32 Å². The molecule has 1 saturated carbocycles. The molecule has 4 N–H and O–H groups in total. The number of para-hydroxylation sites is 1. The van der Waals surface area contributed by atoms with Crippen molar-refractivity contribution in [1.29, 1.82) is 0 Å². The van der Waals surface area contributed by atoms with Crippen LogP contribution in [0.4, 0.5) is 10.5 Å². The van der Waals surface area contributed by atoms with Crippen LogP contribution in [0.2, 0.25) is 0 Å². The summed E-state index contributed by atoms with van der Waals surface area (Å²) in [6.45, 7) is 0.614. The van der Waals surface area contributed by atoms with Crippen molar-refractivity contribution in [3.05, 3.63) is 30.3 Å². The molecule has 1 aliphatic rings. The normalized spacial score (nSPS) is 16.0. The highest BCUT2D eigenvalue weighted by Gasteiger charge is 2.32. The number of amides is 2. The summed E-state index contributed by atoms with van der Waals surface area (Å²) in [5.41, 5.74) is 6.37. The van der Waals surface area contributed by atoms with Crippen LogP contribution in [0.5, 0.6) is 0 Å². The summed E-state index contributed by atoms with van der Waals surface area (Å²) in [6.07, 6.45) is 7.25. The number of rotatable bonds is 9. The largest absolute Gasteiger partial charge is 0.465 e. The van der Waals surface area contributed by atoms with Gasteiger partial charge in [-0.25, -0.2) is 4.79 Å². The highest BCUT2D eigenvalue weighted by molar-refractivity contribution is 5.99. The van der Waals surface area contributed by atoms with Gasteiger partial charge in [-0.2, -0.15) is 0 Å². The molecule has 2 rings (SSSR count). The van der Waals surface area contributed by atoms with Gasteiger partial charge in [0.1, 0.15) is 6.04 Å². The first-order chi connectivity index (χ1) is 12.6. The monoisotopic (exact) mass is 361 g/mol. The highest BCUT2D eigenvalue weighted by atomic mass is 16.4. The van der Waals surface area contributed by atoms with Gasteiger partial charge in [-0.05, 0) is 44.4 Å². The molecule has 0 aromatic heterocycles. The molecule has 1 aromatic carbocycles. The second-order valence-electron chi connectivity index (χ2n) is 6.98. The molecule has 0 heterocycles. The molecule has 0 spiro atoms. The summed E-state index contributed by atoms with van der Waals surface area (Å²) in [7, 11) is 0. The Balaban J connectivity index is 2.18. The molecular formula is C20H31N3O3. The lowest BCUT2D eigenvalue weighted by Gasteiger charge is -2.36. The van der Waals surface area contributed by atoms with Crippen molar-refractivity contribution in [2.45, 2.75) is 69.9 Å². The van der Waals surface area contributed by atoms with E-state index in [2.05, 4.69) is 5.32 Å². The molecule has 1 fully saturated rings. The van der Waals surface area contributed by atoms with E-state index in [9.17, 15) is 14.7 Å². The van der Waals surface area contributed by atoms with Gasteiger partial charge in [0.05, 0.1) is 0 Å². The smallest absolute Gasteiger partial charge is 0.405 e. The van der Waals surface area contributed by atoms with Gasteiger partial charge in [0.15, 0.2) is 0 Å². The molecular weight excluding hydrogens is 330 g/mol. The second kappa shape index (κ2) is 10.8. The lowest BCUT2D eigenvalue weighted by Crippen LogP contribution is -2.52. The number of hydrogen-bond donors (Lipinski definition) is 3. The molecule has 6 nitrogen and oxygen atoms in total. The summed E-state index contributed by atoms with van der Waals surface area (Å²) in [6, 6.07) is 9.04. The summed E-state index contributed by atoms with van der Waals surface area (Å²) in [5, 5.41) is 11.6. The van der Waals surface area contributed by atoms with Crippen LogP contribution in [-0.4, -0.2) is 35.7 Å². The van der Waals surface area contributed by atoms with Crippen LogP contribution in [0.3, 0.4) is 0 Å². The van der Waals surface area contributed by atoms with E-state index < -0.39 is 12.1 Å². The van der Waals surface area contributed by atoms with Crippen LogP contribution in [0.1, 0.15) is 57.8 Å². The van der Waals surface area contributed by atoms with Gasteiger partial charge in [-0.3, -0.25) is 4.79 Å². The van der Waals surface area contributed by atoms with Crippen LogP contribution in [-0.2, 0) is 4.79 Å². The van der Waals surface area contributed by atoms with E-state index in [0.717, 1.165) is 50.6 Å². The van der Waals surface area contributed by atoms with Gasteiger partial charge in [-0.1, -0.05) is 50.3 Å². The number of unbranched alkanes of at least 4 members (excludes halogenated alkanes) is 2. The minimum atomic E-state index is -1.15. The Labute approximate surface area is 155 Å². The third-order valence-electron chi connectivity index (χ3n) is 5.00. The fourth-order valence-corrected chi connectivity index (χ4v) is 3.69. The van der Waals surface area contributed by atoms with Crippen LogP contribution in [0.15, 0.2) is 30.3 Å². The molecule has 0 saturated heterocycles. The third-order valence-corrected chi connectivity index (χ3v) is 5.00. The minimum absolute atomic E-state index is 0.140. The second-order valence-corrected chi connectivity index (χ2v) is 6.98. The number of carboxylic acid groups (broad SMARTS) is 1. The fourth-order valence-electron chi connectivity index (χ4n) is 3.69. The summed E-state index contributed by atoms with van der Waals surface area (Å²) < 4.78 is 0. The third kappa shape index (κ3) is 6.02. The maximum Gasteiger partial charge on any atom is 0.405 e. The van der Waals surface area contributed by atoms with Crippen LogP contribution >= 0.6 is 0 Å². The van der Waals surface area contributed by atoms with Gasteiger partial charge < -0.3 is 21.1 Å². The molecule has 26 heavy (non-hydrogen) atoms. The van der Waals surface area contributed by atoms with Crippen LogP contribution in [0, 0.1) is 0 Å². The van der Waals surface area contributed by atoms with E-state index in [1.54, 1.807) is 0 Å². The quantitative estimate of drug-likeness (QED) is 0.587. The lowest BCUT2D eigenvalue weighted by atomic mass is 9.92. The SMILES string of the molecule is NCCCCCC(NC(=O)O)C(=O)N(c1ccccc1)C1CCCCC1. The van der Waals surface area contributed by atoms with Gasteiger partial charge in [0, 0.05) is 11.7 Å². The number of carbonyl (C=O) groups is 2. The molecule has 0 aliphatic heterocycles. The number of benzene rings is 1. The predicted octanol–water partition coefficient (Wildman–Crippen LogP) is 3.51. The van der Waals surface area contributed by atoms with Gasteiger partial charge >= 0.3 is 6.09 Å². The van der Waals surface area contributed by atoms with Crippen molar-refractivity contribution in [3.63, 3.8) is 0 Å². The van der Waals surface area contributed by atoms with Crippen molar-refractivity contribution in [3.8, 4) is 0 Å². The van der Waals surface area contributed by atoms with Crippen molar-refractivity contribution in [2.24, 2.45) is 5.73 Å². The molecule has 1 unspecified atom stereocenters. The van der Waals surface area contributed by atoms with E-state index in [1.807, 2.05) is 35.2 Å². The molecule has 0 radical (unpaired) electrons. The van der Waals surface area contributed by atoms with Gasteiger partial charge in [0.2, 0.25) is 5.91 Å². The summed E-state index contributed by atoms with van der Waals surface area (Å²) in [4.78, 5) is 26.4.